The molecule has 0 fully saturated rings. The molecule has 164 valence electrons. The third-order valence-electron chi connectivity index (χ3n) is 5.39. The lowest BCUT2D eigenvalue weighted by Crippen LogP contribution is -2.35. The summed E-state index contributed by atoms with van der Waals surface area (Å²) in [5.74, 6) is 0.499. The van der Waals surface area contributed by atoms with Gasteiger partial charge in [0.05, 0.1) is 18.0 Å². The number of carbonyl (C=O) groups excluding carboxylic acids is 2. The van der Waals surface area contributed by atoms with Gasteiger partial charge >= 0.3 is 6.03 Å². The topological polar surface area (TPSA) is 61.4 Å². The monoisotopic (exact) mass is 445 g/mol. The van der Waals surface area contributed by atoms with Gasteiger partial charge in [0.15, 0.2) is 0 Å². The van der Waals surface area contributed by atoms with E-state index in [4.69, 9.17) is 0 Å². The summed E-state index contributed by atoms with van der Waals surface area (Å²) in [7, 11) is 0. The number of nitrogens with zero attached hydrogens (tertiary/aromatic N) is 1. The van der Waals surface area contributed by atoms with Gasteiger partial charge in [0.25, 0.3) is 0 Å². The molecule has 0 bridgehead atoms. The first-order valence-corrected chi connectivity index (χ1v) is 11.8. The van der Waals surface area contributed by atoms with E-state index in [-0.39, 0.29) is 11.9 Å². The van der Waals surface area contributed by atoms with Gasteiger partial charge < -0.3 is 15.5 Å². The zero-order valence-electron chi connectivity index (χ0n) is 18.1. The molecular formula is C26H27N3O2S. The van der Waals surface area contributed by atoms with Crippen molar-refractivity contribution in [3.63, 3.8) is 0 Å². The molecule has 1 heterocycles. The molecule has 0 spiro atoms. The van der Waals surface area contributed by atoms with Gasteiger partial charge in [0, 0.05) is 17.1 Å². The number of fused-ring (bicyclic) bond motifs is 1. The molecule has 6 heteroatoms. The fourth-order valence-electron chi connectivity index (χ4n) is 3.64. The maximum atomic E-state index is 12.7. The third-order valence-corrected chi connectivity index (χ3v) is 6.44. The molecule has 1 aliphatic heterocycles. The van der Waals surface area contributed by atoms with E-state index in [1.54, 1.807) is 4.90 Å². The highest BCUT2D eigenvalue weighted by atomic mass is 32.2. The zero-order valence-corrected chi connectivity index (χ0v) is 19.0. The van der Waals surface area contributed by atoms with Crippen LogP contribution in [-0.4, -0.2) is 24.2 Å². The molecule has 0 saturated carbocycles. The summed E-state index contributed by atoms with van der Waals surface area (Å²) in [6, 6.07) is 24.0. The lowest BCUT2D eigenvalue weighted by atomic mass is 10.1. The SMILES string of the molecule is Cc1ccc(CN2C(=O)CSc3ccc(NC(=O)NCCCc4ccccc4)cc32)cc1. The Morgan fingerprint density at radius 1 is 1.00 bits per heavy atom. The Morgan fingerprint density at radius 2 is 1.78 bits per heavy atom. The molecule has 0 aliphatic carbocycles. The van der Waals surface area contributed by atoms with Crippen LogP contribution >= 0.6 is 11.8 Å². The molecule has 0 unspecified atom stereocenters. The highest BCUT2D eigenvalue weighted by molar-refractivity contribution is 8.00. The fraction of sp³-hybridized carbons (Fsp3) is 0.231. The normalized spacial score (nSPS) is 12.9. The Kier molecular flexibility index (Phi) is 7.12. The van der Waals surface area contributed by atoms with E-state index in [9.17, 15) is 9.59 Å². The van der Waals surface area contributed by atoms with E-state index in [0.717, 1.165) is 29.0 Å². The van der Waals surface area contributed by atoms with Crippen molar-refractivity contribution in [2.75, 3.05) is 22.5 Å². The standard InChI is InChI=1S/C26H27N3O2S/c1-19-9-11-21(12-10-19)17-29-23-16-22(13-14-24(23)32-18-25(29)30)28-26(31)27-15-5-8-20-6-3-2-4-7-20/h2-4,6-7,9-14,16H,5,8,15,17-18H2,1H3,(H2,27,28,31). The number of amides is 3. The summed E-state index contributed by atoms with van der Waals surface area (Å²) in [5, 5.41) is 5.81. The number of carbonyl (C=O) groups is 2. The Bertz CT molecular complexity index is 1080. The van der Waals surface area contributed by atoms with E-state index < -0.39 is 0 Å². The first-order valence-electron chi connectivity index (χ1n) is 10.8. The second-order valence-electron chi connectivity index (χ2n) is 7.91. The highest BCUT2D eigenvalue weighted by Gasteiger charge is 2.25. The van der Waals surface area contributed by atoms with Crippen LogP contribution in [0.15, 0.2) is 77.7 Å². The lowest BCUT2D eigenvalue weighted by molar-refractivity contribution is -0.116. The number of nitrogens with one attached hydrogen (secondary N) is 2. The minimum atomic E-state index is -0.238. The van der Waals surface area contributed by atoms with Crippen LogP contribution < -0.4 is 15.5 Å². The molecular weight excluding hydrogens is 418 g/mol. The molecule has 32 heavy (non-hydrogen) atoms. The summed E-state index contributed by atoms with van der Waals surface area (Å²) in [5.41, 5.74) is 5.05. The molecule has 3 amide bonds. The van der Waals surface area contributed by atoms with Crippen molar-refractivity contribution in [3.8, 4) is 0 Å². The van der Waals surface area contributed by atoms with Crippen molar-refractivity contribution >= 4 is 35.1 Å². The second-order valence-corrected chi connectivity index (χ2v) is 8.92. The average Bonchev–Trinajstić information content (AvgIpc) is 2.81. The van der Waals surface area contributed by atoms with Crippen molar-refractivity contribution in [1.82, 2.24) is 5.32 Å². The minimum absolute atomic E-state index is 0.0746. The van der Waals surface area contributed by atoms with Gasteiger partial charge in [-0.05, 0) is 49.1 Å². The predicted molar refractivity (Wildman–Crippen MR) is 131 cm³/mol. The molecule has 0 atom stereocenters. The summed E-state index contributed by atoms with van der Waals surface area (Å²) < 4.78 is 0. The molecule has 4 rings (SSSR count). The van der Waals surface area contributed by atoms with E-state index >= 15 is 0 Å². The van der Waals surface area contributed by atoms with Crippen LogP contribution in [0.25, 0.3) is 0 Å². The number of rotatable bonds is 7. The van der Waals surface area contributed by atoms with Gasteiger partial charge in [-0.2, -0.15) is 0 Å². The molecule has 0 aromatic heterocycles. The maximum absolute atomic E-state index is 12.7. The number of anilines is 2. The maximum Gasteiger partial charge on any atom is 0.319 e. The van der Waals surface area contributed by atoms with Crippen molar-refractivity contribution in [2.24, 2.45) is 0 Å². The first kappa shape index (κ1) is 22.0. The zero-order chi connectivity index (χ0) is 22.3. The molecule has 0 saturated heterocycles. The smallest absolute Gasteiger partial charge is 0.319 e. The molecule has 0 radical (unpaired) electrons. The van der Waals surface area contributed by atoms with E-state index in [2.05, 4.69) is 47.0 Å². The predicted octanol–water partition coefficient (Wildman–Crippen LogP) is 5.39. The van der Waals surface area contributed by atoms with Gasteiger partial charge in [-0.3, -0.25) is 4.79 Å². The van der Waals surface area contributed by atoms with Gasteiger partial charge in [-0.1, -0.05) is 60.2 Å². The Labute approximate surface area is 193 Å². The van der Waals surface area contributed by atoms with Crippen LogP contribution in [0.3, 0.4) is 0 Å². The van der Waals surface area contributed by atoms with Crippen LogP contribution in [0, 0.1) is 6.92 Å². The van der Waals surface area contributed by atoms with Crippen LogP contribution in [0.4, 0.5) is 16.2 Å². The van der Waals surface area contributed by atoms with Crippen molar-refractivity contribution < 1.29 is 9.59 Å². The molecule has 3 aromatic rings. The fourth-order valence-corrected chi connectivity index (χ4v) is 4.56. The van der Waals surface area contributed by atoms with Crippen molar-refractivity contribution in [1.29, 1.82) is 0 Å². The largest absolute Gasteiger partial charge is 0.338 e. The molecule has 3 aromatic carbocycles. The number of hydrogen-bond donors (Lipinski definition) is 2. The summed E-state index contributed by atoms with van der Waals surface area (Å²) in [6.07, 6.45) is 1.80. The van der Waals surface area contributed by atoms with Gasteiger partial charge in [-0.15, -0.1) is 11.8 Å². The minimum Gasteiger partial charge on any atom is -0.338 e. The number of urea groups is 1. The average molecular weight is 446 g/mol. The van der Waals surface area contributed by atoms with Crippen LogP contribution in [0.1, 0.15) is 23.1 Å². The van der Waals surface area contributed by atoms with Crippen LogP contribution in [0.2, 0.25) is 0 Å². The third kappa shape index (κ3) is 5.71. The number of hydrogen-bond acceptors (Lipinski definition) is 3. The molecule has 2 N–H and O–H groups in total. The van der Waals surface area contributed by atoms with E-state index in [1.165, 1.54) is 22.9 Å². The summed E-state index contributed by atoms with van der Waals surface area (Å²) in [6.45, 7) is 3.16. The highest BCUT2D eigenvalue weighted by Crippen LogP contribution is 2.38. The number of aryl methyl sites for hydroxylation is 2. The van der Waals surface area contributed by atoms with Gasteiger partial charge in [-0.25, -0.2) is 4.79 Å². The quantitative estimate of drug-likeness (QED) is 0.480. The first-order chi connectivity index (χ1) is 15.6. The van der Waals surface area contributed by atoms with Crippen LogP contribution in [0.5, 0.6) is 0 Å². The van der Waals surface area contributed by atoms with Gasteiger partial charge in [0.1, 0.15) is 0 Å². The lowest BCUT2D eigenvalue weighted by Gasteiger charge is -2.29. The summed E-state index contributed by atoms with van der Waals surface area (Å²) >= 11 is 1.54. The Morgan fingerprint density at radius 3 is 2.56 bits per heavy atom. The van der Waals surface area contributed by atoms with E-state index in [1.807, 2.05) is 43.3 Å². The van der Waals surface area contributed by atoms with Crippen LogP contribution in [-0.2, 0) is 17.8 Å². The van der Waals surface area contributed by atoms with E-state index in [0.29, 0.717) is 24.5 Å². The molecule has 5 nitrogen and oxygen atoms in total. The number of thioether (sulfide) groups is 1. The van der Waals surface area contributed by atoms with Crippen molar-refractivity contribution in [2.45, 2.75) is 31.2 Å². The van der Waals surface area contributed by atoms with Crippen molar-refractivity contribution in [3.05, 3.63) is 89.5 Å². The Balaban J connectivity index is 1.37. The summed E-state index contributed by atoms with van der Waals surface area (Å²) in [4.78, 5) is 27.9. The Hall–Kier alpha value is -3.25. The number of benzene rings is 3. The molecule has 1 aliphatic rings. The van der Waals surface area contributed by atoms with Gasteiger partial charge in [0.2, 0.25) is 5.91 Å². The second kappa shape index (κ2) is 10.4.